The molecule has 0 bridgehead atoms. The highest BCUT2D eigenvalue weighted by atomic mass is 32.2. The first kappa shape index (κ1) is 18.7. The van der Waals surface area contributed by atoms with Crippen molar-refractivity contribution in [2.75, 3.05) is 30.7 Å². The van der Waals surface area contributed by atoms with Crippen LogP contribution in [0.15, 0.2) is 24.3 Å². The van der Waals surface area contributed by atoms with Crippen molar-refractivity contribution in [2.24, 2.45) is 11.7 Å². The Morgan fingerprint density at radius 3 is 2.54 bits per heavy atom. The summed E-state index contributed by atoms with van der Waals surface area (Å²) in [6.45, 7) is 3.99. The molecule has 1 aliphatic rings. The molecule has 0 saturated carbocycles. The average molecular weight is 353 g/mol. The third-order valence-corrected chi connectivity index (χ3v) is 5.33. The van der Waals surface area contributed by atoms with Gasteiger partial charge < -0.3 is 16.0 Å². The van der Waals surface area contributed by atoms with E-state index in [-0.39, 0.29) is 28.6 Å². The van der Waals surface area contributed by atoms with Crippen LogP contribution in [0.2, 0.25) is 0 Å². The highest BCUT2D eigenvalue weighted by Crippen LogP contribution is 2.20. The van der Waals surface area contributed by atoms with Gasteiger partial charge in [0, 0.05) is 18.8 Å². The first-order valence-electron chi connectivity index (χ1n) is 8.15. The van der Waals surface area contributed by atoms with E-state index in [9.17, 15) is 14.0 Å². The van der Waals surface area contributed by atoms with Crippen molar-refractivity contribution in [2.45, 2.75) is 25.0 Å². The monoisotopic (exact) mass is 353 g/mol. The number of anilines is 1. The molecule has 24 heavy (non-hydrogen) atoms. The van der Waals surface area contributed by atoms with E-state index < -0.39 is 0 Å². The molecule has 132 valence electrons. The number of thioether (sulfide) groups is 1. The molecule has 3 N–H and O–H groups in total. The molecule has 0 aliphatic carbocycles. The Kier molecular flexibility index (Phi) is 7.05. The minimum absolute atomic E-state index is 0.0741. The molecule has 0 radical (unpaired) electrons. The van der Waals surface area contributed by atoms with E-state index in [2.05, 4.69) is 5.32 Å². The standard InChI is InChI=1S/C17H24FN3O2S/c1-12(17(23)21-8-6-13(10-19)7-9-21)24-11-16(22)20-15-4-2-14(18)3-5-15/h2-5,12-13H,6-11,19H2,1H3,(H,20,22). The van der Waals surface area contributed by atoms with Crippen LogP contribution in [0.1, 0.15) is 19.8 Å². The Morgan fingerprint density at radius 2 is 1.96 bits per heavy atom. The fourth-order valence-corrected chi connectivity index (χ4v) is 3.41. The van der Waals surface area contributed by atoms with Gasteiger partial charge in [0.25, 0.3) is 0 Å². The molecular formula is C17H24FN3O2S. The van der Waals surface area contributed by atoms with E-state index in [0.29, 0.717) is 18.2 Å². The van der Waals surface area contributed by atoms with Crippen LogP contribution in [0.3, 0.4) is 0 Å². The van der Waals surface area contributed by atoms with Gasteiger partial charge in [0.1, 0.15) is 5.82 Å². The number of carbonyl (C=O) groups is 2. The predicted molar refractivity (Wildman–Crippen MR) is 95.3 cm³/mol. The van der Waals surface area contributed by atoms with Gasteiger partial charge in [-0.25, -0.2) is 4.39 Å². The summed E-state index contributed by atoms with van der Waals surface area (Å²) in [6.07, 6.45) is 1.90. The van der Waals surface area contributed by atoms with E-state index in [0.717, 1.165) is 25.9 Å². The molecule has 1 aromatic carbocycles. The first-order chi connectivity index (χ1) is 11.5. The second kappa shape index (κ2) is 9.03. The summed E-state index contributed by atoms with van der Waals surface area (Å²) in [7, 11) is 0. The largest absolute Gasteiger partial charge is 0.342 e. The van der Waals surface area contributed by atoms with Gasteiger partial charge in [-0.3, -0.25) is 9.59 Å². The molecule has 0 spiro atoms. The number of hydrogen-bond acceptors (Lipinski definition) is 4. The summed E-state index contributed by atoms with van der Waals surface area (Å²) < 4.78 is 12.8. The van der Waals surface area contributed by atoms with E-state index in [1.165, 1.54) is 36.0 Å². The Bertz CT molecular complexity index is 559. The van der Waals surface area contributed by atoms with Gasteiger partial charge >= 0.3 is 0 Å². The van der Waals surface area contributed by atoms with E-state index in [1.54, 1.807) is 0 Å². The van der Waals surface area contributed by atoms with Crippen molar-refractivity contribution in [1.82, 2.24) is 4.90 Å². The van der Waals surface area contributed by atoms with Gasteiger partial charge in [-0.1, -0.05) is 0 Å². The highest BCUT2D eigenvalue weighted by molar-refractivity contribution is 8.01. The summed E-state index contributed by atoms with van der Waals surface area (Å²) in [5, 5.41) is 2.43. The van der Waals surface area contributed by atoms with E-state index in [4.69, 9.17) is 5.73 Å². The fourth-order valence-electron chi connectivity index (χ4n) is 2.65. The maximum Gasteiger partial charge on any atom is 0.235 e. The molecule has 1 atom stereocenters. The number of rotatable bonds is 6. The number of carbonyl (C=O) groups excluding carboxylic acids is 2. The number of hydrogen-bond donors (Lipinski definition) is 2. The number of nitrogens with zero attached hydrogens (tertiary/aromatic N) is 1. The van der Waals surface area contributed by atoms with Crippen LogP contribution in [0.5, 0.6) is 0 Å². The third-order valence-electron chi connectivity index (χ3n) is 4.20. The Morgan fingerprint density at radius 1 is 1.33 bits per heavy atom. The van der Waals surface area contributed by atoms with Crippen molar-refractivity contribution in [3.05, 3.63) is 30.1 Å². The molecular weight excluding hydrogens is 329 g/mol. The lowest BCUT2D eigenvalue weighted by molar-refractivity contribution is -0.131. The van der Waals surface area contributed by atoms with Gasteiger partial charge in [-0.05, 0) is 56.5 Å². The van der Waals surface area contributed by atoms with Crippen molar-refractivity contribution in [1.29, 1.82) is 0 Å². The lowest BCUT2D eigenvalue weighted by Gasteiger charge is -2.33. The van der Waals surface area contributed by atoms with Crippen LogP contribution in [-0.2, 0) is 9.59 Å². The van der Waals surface area contributed by atoms with Gasteiger partial charge in [0.15, 0.2) is 0 Å². The average Bonchev–Trinajstić information content (AvgIpc) is 2.61. The maximum absolute atomic E-state index is 12.8. The SMILES string of the molecule is CC(SCC(=O)Nc1ccc(F)cc1)C(=O)N1CCC(CN)CC1. The van der Waals surface area contributed by atoms with Crippen molar-refractivity contribution in [3.8, 4) is 0 Å². The molecule has 2 rings (SSSR count). The second-order valence-corrected chi connectivity index (χ2v) is 7.34. The van der Waals surface area contributed by atoms with Crippen LogP contribution < -0.4 is 11.1 Å². The molecule has 1 unspecified atom stereocenters. The lowest BCUT2D eigenvalue weighted by Crippen LogP contribution is -2.43. The number of benzene rings is 1. The second-order valence-electron chi connectivity index (χ2n) is 6.01. The summed E-state index contributed by atoms with van der Waals surface area (Å²) >= 11 is 1.31. The topological polar surface area (TPSA) is 75.4 Å². The summed E-state index contributed by atoms with van der Waals surface area (Å²) in [5.41, 5.74) is 6.21. The van der Waals surface area contributed by atoms with Crippen LogP contribution in [0.25, 0.3) is 0 Å². The van der Waals surface area contributed by atoms with Gasteiger partial charge in [-0.2, -0.15) is 0 Å². The molecule has 1 aliphatic heterocycles. The zero-order valence-electron chi connectivity index (χ0n) is 13.8. The summed E-state index contributed by atoms with van der Waals surface area (Å²) in [6, 6.07) is 5.60. The molecule has 1 fully saturated rings. The number of piperidine rings is 1. The summed E-state index contributed by atoms with van der Waals surface area (Å²) in [5.74, 6) is 0.223. The first-order valence-corrected chi connectivity index (χ1v) is 9.20. The van der Waals surface area contributed by atoms with Gasteiger partial charge in [-0.15, -0.1) is 11.8 Å². The number of nitrogens with two attached hydrogens (primary N) is 1. The predicted octanol–water partition coefficient (Wildman–Crippen LogP) is 2.08. The quantitative estimate of drug-likeness (QED) is 0.821. The molecule has 1 heterocycles. The molecule has 2 amide bonds. The number of nitrogens with one attached hydrogen (secondary N) is 1. The van der Waals surface area contributed by atoms with E-state index >= 15 is 0 Å². The minimum atomic E-state index is -0.347. The molecule has 7 heteroatoms. The molecule has 1 saturated heterocycles. The van der Waals surface area contributed by atoms with Crippen molar-refractivity contribution in [3.63, 3.8) is 0 Å². The van der Waals surface area contributed by atoms with Gasteiger partial charge in [0.2, 0.25) is 11.8 Å². The van der Waals surface area contributed by atoms with Crippen LogP contribution in [-0.4, -0.2) is 47.4 Å². The van der Waals surface area contributed by atoms with Crippen molar-refractivity contribution < 1.29 is 14.0 Å². The molecule has 5 nitrogen and oxygen atoms in total. The normalized spacial score (nSPS) is 16.7. The Hall–Kier alpha value is -1.60. The minimum Gasteiger partial charge on any atom is -0.342 e. The zero-order valence-corrected chi connectivity index (χ0v) is 14.7. The smallest absolute Gasteiger partial charge is 0.235 e. The highest BCUT2D eigenvalue weighted by Gasteiger charge is 2.26. The number of likely N-dealkylation sites (tertiary alicyclic amines) is 1. The van der Waals surface area contributed by atoms with Crippen molar-refractivity contribution >= 4 is 29.3 Å². The zero-order chi connectivity index (χ0) is 17.5. The van der Waals surface area contributed by atoms with Crippen LogP contribution >= 0.6 is 11.8 Å². The Labute approximate surface area is 146 Å². The molecule has 1 aromatic rings. The Balaban J connectivity index is 1.73. The van der Waals surface area contributed by atoms with Crippen LogP contribution in [0.4, 0.5) is 10.1 Å². The lowest BCUT2D eigenvalue weighted by atomic mass is 9.97. The fraction of sp³-hybridized carbons (Fsp3) is 0.529. The molecule has 0 aromatic heterocycles. The van der Waals surface area contributed by atoms with E-state index in [1.807, 2.05) is 11.8 Å². The number of amides is 2. The van der Waals surface area contributed by atoms with Crippen LogP contribution in [0, 0.1) is 11.7 Å². The number of halogens is 1. The summed E-state index contributed by atoms with van der Waals surface area (Å²) in [4.78, 5) is 26.2. The maximum atomic E-state index is 12.8. The third kappa shape index (κ3) is 5.49. The van der Waals surface area contributed by atoms with Gasteiger partial charge in [0.05, 0.1) is 11.0 Å².